The lowest BCUT2D eigenvalue weighted by molar-refractivity contribution is 0.208. The predicted molar refractivity (Wildman–Crippen MR) is 132 cm³/mol. The molecule has 6 rings (SSSR count). The normalized spacial score (nSPS) is 17.6. The Morgan fingerprint density at radius 3 is 2.50 bits per heavy atom. The first kappa shape index (κ1) is 21.5. The standard InChI is InChI=1S/C25H27FN6OS/c1-33-21-16-18(8-11-27-21)23-22(17-4-6-19(26)7-5-17)28-24-32(23)29-25(34-24)31-14-9-20(10-15-31)30-12-2-3-13-30/h4-8,11,16,20H,2-3,9-10,12-15H2,1H3. The number of nitrogens with zero attached hydrogens (tertiary/aromatic N) is 6. The molecule has 3 aromatic heterocycles. The lowest BCUT2D eigenvalue weighted by Gasteiger charge is -2.36. The summed E-state index contributed by atoms with van der Waals surface area (Å²) in [5, 5.41) is 6.00. The van der Waals surface area contributed by atoms with Gasteiger partial charge in [0.2, 0.25) is 16.0 Å². The van der Waals surface area contributed by atoms with E-state index >= 15 is 0 Å². The summed E-state index contributed by atoms with van der Waals surface area (Å²) in [6.45, 7) is 4.53. The van der Waals surface area contributed by atoms with Crippen LogP contribution in [0, 0.1) is 5.82 Å². The zero-order chi connectivity index (χ0) is 23.1. The van der Waals surface area contributed by atoms with Crippen molar-refractivity contribution < 1.29 is 9.13 Å². The third kappa shape index (κ3) is 3.92. The van der Waals surface area contributed by atoms with Gasteiger partial charge in [0.15, 0.2) is 0 Å². The molecule has 2 aliphatic rings. The van der Waals surface area contributed by atoms with E-state index in [0.717, 1.165) is 45.7 Å². The molecule has 5 heterocycles. The fourth-order valence-corrected chi connectivity index (χ4v) is 6.08. The van der Waals surface area contributed by atoms with Crippen molar-refractivity contribution >= 4 is 21.4 Å². The third-order valence-electron chi connectivity index (χ3n) is 6.92. The van der Waals surface area contributed by atoms with Crippen LogP contribution in [0.1, 0.15) is 25.7 Å². The van der Waals surface area contributed by atoms with Crippen LogP contribution in [0.4, 0.5) is 9.52 Å². The molecule has 2 saturated heterocycles. The highest BCUT2D eigenvalue weighted by atomic mass is 32.1. The van der Waals surface area contributed by atoms with Gasteiger partial charge >= 0.3 is 0 Å². The third-order valence-corrected chi connectivity index (χ3v) is 7.89. The molecule has 0 N–H and O–H groups in total. The predicted octanol–water partition coefficient (Wildman–Crippen LogP) is 4.73. The molecule has 0 spiro atoms. The minimum atomic E-state index is -0.269. The second-order valence-corrected chi connectivity index (χ2v) is 9.88. The Balaban J connectivity index is 1.36. The van der Waals surface area contributed by atoms with Gasteiger partial charge < -0.3 is 14.5 Å². The highest BCUT2D eigenvalue weighted by molar-refractivity contribution is 7.20. The molecule has 0 radical (unpaired) electrons. The minimum Gasteiger partial charge on any atom is -0.481 e. The molecule has 0 unspecified atom stereocenters. The lowest BCUT2D eigenvalue weighted by atomic mass is 10.0. The summed E-state index contributed by atoms with van der Waals surface area (Å²) in [6.07, 6.45) is 6.75. The van der Waals surface area contributed by atoms with Crippen molar-refractivity contribution in [1.29, 1.82) is 0 Å². The van der Waals surface area contributed by atoms with Crippen LogP contribution in [0.3, 0.4) is 0 Å². The Hall–Kier alpha value is -3.04. The van der Waals surface area contributed by atoms with Crippen LogP contribution < -0.4 is 9.64 Å². The van der Waals surface area contributed by atoms with Crippen LogP contribution in [0.15, 0.2) is 42.6 Å². The number of methoxy groups -OCH3 is 1. The monoisotopic (exact) mass is 478 g/mol. The van der Waals surface area contributed by atoms with Gasteiger partial charge in [0.25, 0.3) is 0 Å². The number of hydrogen-bond acceptors (Lipinski definition) is 7. The molecule has 0 saturated carbocycles. The minimum absolute atomic E-state index is 0.269. The molecular weight excluding hydrogens is 451 g/mol. The maximum Gasteiger partial charge on any atom is 0.215 e. The maximum absolute atomic E-state index is 13.6. The summed E-state index contributed by atoms with van der Waals surface area (Å²) in [4.78, 5) is 15.1. The van der Waals surface area contributed by atoms with E-state index in [1.165, 1.54) is 50.9 Å². The molecule has 176 valence electrons. The van der Waals surface area contributed by atoms with Crippen molar-refractivity contribution in [3.63, 3.8) is 0 Å². The van der Waals surface area contributed by atoms with Crippen molar-refractivity contribution in [1.82, 2.24) is 24.5 Å². The van der Waals surface area contributed by atoms with Gasteiger partial charge in [-0.1, -0.05) is 11.3 Å². The quantitative estimate of drug-likeness (QED) is 0.413. The largest absolute Gasteiger partial charge is 0.481 e. The average molecular weight is 479 g/mol. The van der Waals surface area contributed by atoms with E-state index in [9.17, 15) is 4.39 Å². The molecule has 0 aliphatic carbocycles. The molecular formula is C25H27FN6OS. The highest BCUT2D eigenvalue weighted by Gasteiger charge is 2.29. The Kier molecular flexibility index (Phi) is 5.66. The number of benzene rings is 1. The van der Waals surface area contributed by atoms with E-state index in [0.29, 0.717) is 11.9 Å². The number of likely N-dealkylation sites (tertiary alicyclic amines) is 1. The SMILES string of the molecule is COc1cc(-c2c(-c3ccc(F)cc3)nc3sc(N4CCC(N5CCCC5)CC4)nn23)ccn1. The zero-order valence-electron chi connectivity index (χ0n) is 19.2. The highest BCUT2D eigenvalue weighted by Crippen LogP contribution is 2.37. The van der Waals surface area contributed by atoms with Gasteiger partial charge in [-0.05, 0) is 69.1 Å². The number of piperidine rings is 1. The molecule has 2 aliphatic heterocycles. The first-order valence-electron chi connectivity index (χ1n) is 11.8. The van der Waals surface area contributed by atoms with Gasteiger partial charge in [-0.2, -0.15) is 0 Å². The van der Waals surface area contributed by atoms with Crippen molar-refractivity contribution in [2.24, 2.45) is 0 Å². The summed E-state index contributed by atoms with van der Waals surface area (Å²) < 4.78 is 20.9. The molecule has 34 heavy (non-hydrogen) atoms. The van der Waals surface area contributed by atoms with Crippen molar-refractivity contribution in [2.45, 2.75) is 31.7 Å². The van der Waals surface area contributed by atoms with Crippen LogP contribution >= 0.6 is 11.3 Å². The molecule has 0 atom stereocenters. The number of fused-ring (bicyclic) bond motifs is 1. The molecule has 9 heteroatoms. The first-order chi connectivity index (χ1) is 16.7. The van der Waals surface area contributed by atoms with E-state index < -0.39 is 0 Å². The number of hydrogen-bond donors (Lipinski definition) is 0. The fraction of sp³-hybridized carbons (Fsp3) is 0.400. The first-order valence-corrected chi connectivity index (χ1v) is 12.7. The van der Waals surface area contributed by atoms with E-state index in [1.807, 2.05) is 16.6 Å². The number of imidazole rings is 1. The van der Waals surface area contributed by atoms with E-state index in [2.05, 4.69) is 14.8 Å². The fourth-order valence-electron chi connectivity index (χ4n) is 5.13. The number of halogens is 1. The Bertz CT molecular complexity index is 1290. The van der Waals surface area contributed by atoms with Crippen molar-refractivity contribution in [3.8, 4) is 28.4 Å². The van der Waals surface area contributed by atoms with Gasteiger partial charge in [0.1, 0.15) is 17.2 Å². The molecule has 2 fully saturated rings. The molecule has 1 aromatic carbocycles. The second kappa shape index (κ2) is 8.96. The van der Waals surface area contributed by atoms with Crippen LogP contribution in [-0.4, -0.2) is 63.8 Å². The van der Waals surface area contributed by atoms with Crippen molar-refractivity contribution in [2.75, 3.05) is 38.2 Å². The molecule has 0 bridgehead atoms. The van der Waals surface area contributed by atoms with E-state index in [1.54, 1.807) is 36.8 Å². The van der Waals surface area contributed by atoms with Crippen LogP contribution in [0.25, 0.3) is 27.5 Å². The van der Waals surface area contributed by atoms with Crippen LogP contribution in [-0.2, 0) is 0 Å². The van der Waals surface area contributed by atoms with Crippen molar-refractivity contribution in [3.05, 3.63) is 48.4 Å². The number of anilines is 1. The number of ether oxygens (including phenoxy) is 1. The number of aromatic nitrogens is 4. The number of pyridine rings is 1. The smallest absolute Gasteiger partial charge is 0.215 e. The van der Waals surface area contributed by atoms with Gasteiger partial charge in [0, 0.05) is 42.5 Å². The molecule has 0 amide bonds. The van der Waals surface area contributed by atoms with Gasteiger partial charge in [0.05, 0.1) is 7.11 Å². The molecule has 7 nitrogen and oxygen atoms in total. The number of rotatable bonds is 5. The van der Waals surface area contributed by atoms with Crippen LogP contribution in [0.5, 0.6) is 5.88 Å². The topological polar surface area (TPSA) is 58.8 Å². The summed E-state index contributed by atoms with van der Waals surface area (Å²) in [5.74, 6) is 0.256. The van der Waals surface area contributed by atoms with Gasteiger partial charge in [-0.25, -0.2) is 18.9 Å². The summed E-state index contributed by atoms with van der Waals surface area (Å²) in [5.41, 5.74) is 3.38. The summed E-state index contributed by atoms with van der Waals surface area (Å²) in [7, 11) is 1.60. The summed E-state index contributed by atoms with van der Waals surface area (Å²) >= 11 is 1.61. The van der Waals surface area contributed by atoms with E-state index in [4.69, 9.17) is 14.8 Å². The van der Waals surface area contributed by atoms with Gasteiger partial charge in [-0.15, -0.1) is 5.10 Å². The van der Waals surface area contributed by atoms with E-state index in [-0.39, 0.29) is 5.82 Å². The van der Waals surface area contributed by atoms with Gasteiger partial charge in [-0.3, -0.25) is 0 Å². The molecule has 4 aromatic rings. The average Bonchev–Trinajstić information content (AvgIpc) is 3.61. The summed E-state index contributed by atoms with van der Waals surface area (Å²) in [6, 6.07) is 11.0. The lowest BCUT2D eigenvalue weighted by Crippen LogP contribution is -2.43. The Morgan fingerprint density at radius 1 is 1.00 bits per heavy atom. The Labute approximate surface area is 201 Å². The zero-order valence-corrected chi connectivity index (χ0v) is 20.0. The second-order valence-electron chi connectivity index (χ2n) is 8.94. The Morgan fingerprint density at radius 2 is 1.76 bits per heavy atom. The van der Waals surface area contributed by atoms with Crippen LogP contribution in [0.2, 0.25) is 0 Å². The maximum atomic E-state index is 13.6.